The van der Waals surface area contributed by atoms with Crippen molar-refractivity contribution in [1.29, 1.82) is 0 Å². The first-order valence-corrected chi connectivity index (χ1v) is 7.97. The monoisotopic (exact) mass is 269 g/mol. The lowest BCUT2D eigenvalue weighted by atomic mass is 10.1. The average Bonchev–Trinajstić information content (AvgIpc) is 2.92. The molecule has 0 amide bonds. The molecule has 4 heteroatoms. The Morgan fingerprint density at radius 3 is 2.89 bits per heavy atom. The van der Waals surface area contributed by atoms with E-state index in [1.807, 2.05) is 0 Å². The normalized spacial score (nSPS) is 31.7. The van der Waals surface area contributed by atoms with E-state index in [0.29, 0.717) is 12.1 Å². The lowest BCUT2D eigenvalue weighted by Gasteiger charge is -2.42. The van der Waals surface area contributed by atoms with Crippen molar-refractivity contribution in [2.24, 2.45) is 0 Å². The second-order valence-corrected chi connectivity index (χ2v) is 6.18. The number of hydrogen-bond acceptors (Lipinski definition) is 4. The van der Waals surface area contributed by atoms with Crippen molar-refractivity contribution in [2.75, 3.05) is 46.4 Å². The smallest absolute Gasteiger partial charge is 0.0700 e. The maximum atomic E-state index is 5.65. The zero-order valence-electron chi connectivity index (χ0n) is 12.9. The minimum atomic E-state index is 0.461. The molecule has 0 aromatic heterocycles. The highest BCUT2D eigenvalue weighted by molar-refractivity contribution is 4.83. The summed E-state index contributed by atoms with van der Waals surface area (Å²) in [7, 11) is 2.26. The minimum absolute atomic E-state index is 0.461. The van der Waals surface area contributed by atoms with Gasteiger partial charge < -0.3 is 15.0 Å². The second kappa shape index (κ2) is 7.58. The van der Waals surface area contributed by atoms with E-state index in [1.165, 1.54) is 38.9 Å². The van der Waals surface area contributed by atoms with E-state index in [4.69, 9.17) is 4.74 Å². The van der Waals surface area contributed by atoms with Gasteiger partial charge in [0.05, 0.1) is 6.10 Å². The first-order valence-electron chi connectivity index (χ1n) is 7.97. The molecule has 2 aliphatic rings. The molecule has 3 unspecified atom stereocenters. The summed E-state index contributed by atoms with van der Waals surface area (Å²) < 4.78 is 5.65. The fourth-order valence-electron chi connectivity index (χ4n) is 3.20. The number of ether oxygens (including phenoxy) is 1. The van der Waals surface area contributed by atoms with Gasteiger partial charge in [0.25, 0.3) is 0 Å². The minimum Gasteiger partial charge on any atom is -0.377 e. The molecular formula is C15H31N3O. The molecule has 1 N–H and O–H groups in total. The number of likely N-dealkylation sites (N-methyl/N-ethyl adjacent to an activating group) is 1. The summed E-state index contributed by atoms with van der Waals surface area (Å²) in [4.78, 5) is 5.14. The molecule has 0 radical (unpaired) electrons. The summed E-state index contributed by atoms with van der Waals surface area (Å²) in [5.41, 5.74) is 0. The number of piperazine rings is 1. The Hall–Kier alpha value is -0.160. The van der Waals surface area contributed by atoms with E-state index in [-0.39, 0.29) is 0 Å². The summed E-state index contributed by atoms with van der Waals surface area (Å²) in [5, 5.41) is 3.59. The van der Waals surface area contributed by atoms with Crippen LogP contribution in [0.3, 0.4) is 0 Å². The number of rotatable bonds is 6. The van der Waals surface area contributed by atoms with Gasteiger partial charge in [-0.15, -0.1) is 0 Å². The van der Waals surface area contributed by atoms with E-state index in [9.17, 15) is 0 Å². The zero-order chi connectivity index (χ0) is 13.7. The van der Waals surface area contributed by atoms with Crippen LogP contribution in [0.15, 0.2) is 0 Å². The second-order valence-electron chi connectivity index (χ2n) is 6.18. The zero-order valence-corrected chi connectivity index (χ0v) is 12.9. The molecule has 0 saturated carbocycles. The van der Waals surface area contributed by atoms with Crippen LogP contribution in [0.25, 0.3) is 0 Å². The van der Waals surface area contributed by atoms with E-state index in [0.717, 1.165) is 25.7 Å². The summed E-state index contributed by atoms with van der Waals surface area (Å²) in [6.07, 6.45) is 4.18. The Morgan fingerprint density at radius 1 is 1.37 bits per heavy atom. The van der Waals surface area contributed by atoms with Crippen LogP contribution in [0.1, 0.15) is 33.1 Å². The molecular weight excluding hydrogens is 238 g/mol. The van der Waals surface area contributed by atoms with Crippen LogP contribution in [-0.2, 0) is 4.74 Å². The summed E-state index contributed by atoms with van der Waals surface area (Å²) >= 11 is 0. The average molecular weight is 269 g/mol. The number of hydrogen-bond donors (Lipinski definition) is 1. The first kappa shape index (κ1) is 15.2. The molecule has 112 valence electrons. The van der Waals surface area contributed by atoms with Crippen LogP contribution < -0.4 is 5.32 Å². The molecule has 0 aliphatic carbocycles. The van der Waals surface area contributed by atoms with E-state index < -0.39 is 0 Å². The molecule has 2 fully saturated rings. The highest BCUT2D eigenvalue weighted by Crippen LogP contribution is 2.13. The van der Waals surface area contributed by atoms with Crippen molar-refractivity contribution in [3.05, 3.63) is 0 Å². The van der Waals surface area contributed by atoms with Gasteiger partial charge in [0.2, 0.25) is 0 Å². The van der Waals surface area contributed by atoms with Gasteiger partial charge in [0.15, 0.2) is 0 Å². The van der Waals surface area contributed by atoms with Crippen molar-refractivity contribution in [1.82, 2.24) is 15.1 Å². The number of nitrogens with zero attached hydrogens (tertiary/aromatic N) is 2. The van der Waals surface area contributed by atoms with Crippen molar-refractivity contribution in [3.8, 4) is 0 Å². The van der Waals surface area contributed by atoms with E-state index >= 15 is 0 Å². The molecule has 4 nitrogen and oxygen atoms in total. The Morgan fingerprint density at radius 2 is 2.21 bits per heavy atom. The summed E-state index contributed by atoms with van der Waals surface area (Å²) in [5.74, 6) is 0. The molecule has 2 rings (SSSR count). The molecule has 19 heavy (non-hydrogen) atoms. The fraction of sp³-hybridized carbons (Fsp3) is 1.00. The largest absolute Gasteiger partial charge is 0.377 e. The molecule has 2 heterocycles. The summed E-state index contributed by atoms with van der Waals surface area (Å²) in [6.45, 7) is 11.3. The Bertz CT molecular complexity index is 256. The Balaban J connectivity index is 1.66. The third-order valence-electron chi connectivity index (χ3n) is 4.74. The molecule has 0 bridgehead atoms. The fourth-order valence-corrected chi connectivity index (χ4v) is 3.20. The van der Waals surface area contributed by atoms with Gasteiger partial charge in [-0.05, 0) is 33.2 Å². The molecule has 0 aromatic carbocycles. The van der Waals surface area contributed by atoms with Gasteiger partial charge in [-0.2, -0.15) is 0 Å². The van der Waals surface area contributed by atoms with Crippen molar-refractivity contribution >= 4 is 0 Å². The van der Waals surface area contributed by atoms with Crippen LogP contribution in [0, 0.1) is 0 Å². The van der Waals surface area contributed by atoms with Crippen LogP contribution in [0.5, 0.6) is 0 Å². The van der Waals surface area contributed by atoms with Gasteiger partial charge in [-0.3, -0.25) is 4.90 Å². The third-order valence-corrected chi connectivity index (χ3v) is 4.74. The molecule has 0 spiro atoms. The van der Waals surface area contributed by atoms with Crippen LogP contribution in [-0.4, -0.2) is 74.4 Å². The van der Waals surface area contributed by atoms with Crippen LogP contribution in [0.4, 0.5) is 0 Å². The molecule has 0 aromatic rings. The Labute approximate surface area is 118 Å². The van der Waals surface area contributed by atoms with Crippen LogP contribution >= 0.6 is 0 Å². The van der Waals surface area contributed by atoms with E-state index in [2.05, 4.69) is 36.0 Å². The van der Waals surface area contributed by atoms with Crippen molar-refractivity contribution < 1.29 is 4.74 Å². The van der Waals surface area contributed by atoms with Gasteiger partial charge in [0, 0.05) is 51.4 Å². The highest BCUT2D eigenvalue weighted by Gasteiger charge is 2.25. The van der Waals surface area contributed by atoms with E-state index in [1.54, 1.807) is 0 Å². The van der Waals surface area contributed by atoms with Crippen molar-refractivity contribution in [3.63, 3.8) is 0 Å². The van der Waals surface area contributed by atoms with Gasteiger partial charge >= 0.3 is 0 Å². The van der Waals surface area contributed by atoms with Gasteiger partial charge in [-0.25, -0.2) is 0 Å². The third kappa shape index (κ3) is 4.42. The van der Waals surface area contributed by atoms with Crippen molar-refractivity contribution in [2.45, 2.75) is 51.3 Å². The highest BCUT2D eigenvalue weighted by atomic mass is 16.5. The Kier molecular flexibility index (Phi) is 6.07. The van der Waals surface area contributed by atoms with Gasteiger partial charge in [-0.1, -0.05) is 6.92 Å². The van der Waals surface area contributed by atoms with Crippen LogP contribution in [0.2, 0.25) is 0 Å². The predicted octanol–water partition coefficient (Wildman–Crippen LogP) is 1.17. The van der Waals surface area contributed by atoms with Gasteiger partial charge in [0.1, 0.15) is 0 Å². The SMILES string of the molecule is CCC1CN(C(C)CNCC2CCCO2)CCN1C. The first-order chi connectivity index (χ1) is 9.20. The number of nitrogens with one attached hydrogen (secondary N) is 1. The maximum absolute atomic E-state index is 5.65. The lowest BCUT2D eigenvalue weighted by molar-refractivity contribution is 0.0645. The predicted molar refractivity (Wildman–Crippen MR) is 79.6 cm³/mol. The lowest BCUT2D eigenvalue weighted by Crippen LogP contribution is -2.55. The molecule has 2 saturated heterocycles. The maximum Gasteiger partial charge on any atom is 0.0700 e. The quantitative estimate of drug-likeness (QED) is 0.783. The summed E-state index contributed by atoms with van der Waals surface area (Å²) in [6, 6.07) is 1.36. The standard InChI is InChI=1S/C15H31N3O/c1-4-14-12-18(8-7-17(14)3)13(2)10-16-11-15-6-5-9-19-15/h13-16H,4-12H2,1-3H3. The topological polar surface area (TPSA) is 27.7 Å². The molecule has 3 atom stereocenters. The molecule has 2 aliphatic heterocycles.